The molecule has 0 radical (unpaired) electrons. The van der Waals surface area contributed by atoms with E-state index in [1.54, 1.807) is 6.20 Å². The molecule has 0 fully saturated rings. The molecule has 0 aliphatic rings. The first-order chi connectivity index (χ1) is 5.86. The van der Waals surface area contributed by atoms with Crippen LogP contribution in [0.25, 0.3) is 11.4 Å². The largest absolute Gasteiger partial charge is 0.276 e. The molecule has 0 spiro atoms. The van der Waals surface area contributed by atoms with Gasteiger partial charge in [-0.15, -0.1) is 0 Å². The summed E-state index contributed by atoms with van der Waals surface area (Å²) in [5, 5.41) is 6.89. The Kier molecular flexibility index (Phi) is 1.59. The zero-order chi connectivity index (χ0) is 8.39. The molecule has 2 aromatic heterocycles. The van der Waals surface area contributed by atoms with Gasteiger partial charge >= 0.3 is 0 Å². The van der Waals surface area contributed by atoms with Gasteiger partial charge in [-0.2, -0.15) is 5.10 Å². The monoisotopic (exact) mass is 160 g/mol. The third-order valence-electron chi connectivity index (χ3n) is 1.56. The summed E-state index contributed by atoms with van der Waals surface area (Å²) in [6.07, 6.45) is 3.23. The van der Waals surface area contributed by atoms with Crippen molar-refractivity contribution >= 4 is 0 Å². The Morgan fingerprint density at radius 1 is 1.42 bits per heavy atom. The summed E-state index contributed by atoms with van der Waals surface area (Å²) in [5.74, 6) is 0. The van der Waals surface area contributed by atoms with Crippen LogP contribution in [-0.4, -0.2) is 20.2 Å². The molecule has 0 saturated carbocycles. The molecule has 1 N–H and O–H groups in total. The Balaban J connectivity index is 2.45. The van der Waals surface area contributed by atoms with Gasteiger partial charge in [-0.3, -0.25) is 5.10 Å². The lowest BCUT2D eigenvalue weighted by Gasteiger charge is -1.91. The second-order valence-corrected chi connectivity index (χ2v) is 2.52. The Labute approximate surface area is 69.7 Å². The van der Waals surface area contributed by atoms with E-state index >= 15 is 0 Å². The highest BCUT2D eigenvalue weighted by atomic mass is 15.1. The predicted molar refractivity (Wildman–Crippen MR) is 44.4 cm³/mol. The van der Waals surface area contributed by atoms with E-state index in [0.29, 0.717) is 0 Å². The van der Waals surface area contributed by atoms with Crippen LogP contribution in [0.4, 0.5) is 0 Å². The summed E-state index contributed by atoms with van der Waals surface area (Å²) in [4.78, 5) is 7.91. The summed E-state index contributed by atoms with van der Waals surface area (Å²) in [7, 11) is 0. The maximum atomic E-state index is 4.08. The highest BCUT2D eigenvalue weighted by molar-refractivity contribution is 5.52. The molecule has 2 heterocycles. The molecule has 0 amide bonds. The fraction of sp³-hybridized carbons (Fsp3) is 0.125. The quantitative estimate of drug-likeness (QED) is 0.681. The smallest absolute Gasteiger partial charge is 0.116 e. The summed E-state index contributed by atoms with van der Waals surface area (Å²) >= 11 is 0. The molecule has 0 unspecified atom stereocenters. The van der Waals surface area contributed by atoms with Crippen molar-refractivity contribution in [3.63, 3.8) is 0 Å². The van der Waals surface area contributed by atoms with E-state index in [1.807, 2.05) is 19.1 Å². The van der Waals surface area contributed by atoms with Gasteiger partial charge in [-0.1, -0.05) is 0 Å². The Morgan fingerprint density at radius 2 is 2.33 bits per heavy atom. The number of aromatic amines is 1. The lowest BCUT2D eigenvalue weighted by Crippen LogP contribution is -1.83. The van der Waals surface area contributed by atoms with E-state index < -0.39 is 0 Å². The molecule has 0 atom stereocenters. The number of aryl methyl sites for hydroxylation is 1. The van der Waals surface area contributed by atoms with Crippen LogP contribution in [0.15, 0.2) is 24.7 Å². The SMILES string of the molecule is Cc1cc(-c2ccncn2)[nH]n1. The fourth-order valence-corrected chi connectivity index (χ4v) is 1.00. The topological polar surface area (TPSA) is 54.5 Å². The maximum Gasteiger partial charge on any atom is 0.116 e. The molecule has 4 nitrogen and oxygen atoms in total. The first-order valence-electron chi connectivity index (χ1n) is 3.64. The second kappa shape index (κ2) is 2.73. The number of aromatic nitrogens is 4. The Hall–Kier alpha value is -1.71. The molecule has 0 aliphatic carbocycles. The zero-order valence-corrected chi connectivity index (χ0v) is 6.65. The van der Waals surface area contributed by atoms with Gasteiger partial charge in [-0.25, -0.2) is 9.97 Å². The van der Waals surface area contributed by atoms with Crippen molar-refractivity contribution in [1.29, 1.82) is 0 Å². The number of H-pyrrole nitrogens is 1. The van der Waals surface area contributed by atoms with Crippen LogP contribution in [0.2, 0.25) is 0 Å². The van der Waals surface area contributed by atoms with Crippen LogP contribution in [0.1, 0.15) is 5.69 Å². The van der Waals surface area contributed by atoms with Crippen molar-refractivity contribution in [2.75, 3.05) is 0 Å². The van der Waals surface area contributed by atoms with E-state index in [-0.39, 0.29) is 0 Å². The van der Waals surface area contributed by atoms with Crippen molar-refractivity contribution in [2.24, 2.45) is 0 Å². The van der Waals surface area contributed by atoms with Crippen LogP contribution in [-0.2, 0) is 0 Å². The minimum Gasteiger partial charge on any atom is -0.276 e. The lowest BCUT2D eigenvalue weighted by molar-refractivity contribution is 1.04. The molecular formula is C8H8N4. The number of rotatable bonds is 1. The molecular weight excluding hydrogens is 152 g/mol. The Bertz CT molecular complexity index is 366. The summed E-state index contributed by atoms with van der Waals surface area (Å²) in [6, 6.07) is 3.79. The molecule has 2 aromatic rings. The average molecular weight is 160 g/mol. The van der Waals surface area contributed by atoms with Gasteiger partial charge in [0.2, 0.25) is 0 Å². The predicted octanol–water partition coefficient (Wildman–Crippen LogP) is 1.18. The van der Waals surface area contributed by atoms with Gasteiger partial charge in [0.1, 0.15) is 6.33 Å². The van der Waals surface area contributed by atoms with Crippen LogP contribution < -0.4 is 0 Å². The third-order valence-corrected chi connectivity index (χ3v) is 1.56. The maximum absolute atomic E-state index is 4.08. The minimum absolute atomic E-state index is 0.866. The van der Waals surface area contributed by atoms with Crippen LogP contribution in [0, 0.1) is 6.92 Å². The van der Waals surface area contributed by atoms with Crippen molar-refractivity contribution in [1.82, 2.24) is 20.2 Å². The summed E-state index contributed by atoms with van der Waals surface area (Å²) in [5.41, 5.74) is 2.75. The molecule has 2 rings (SSSR count). The van der Waals surface area contributed by atoms with E-state index in [0.717, 1.165) is 17.1 Å². The van der Waals surface area contributed by atoms with Gasteiger partial charge in [-0.05, 0) is 19.1 Å². The van der Waals surface area contributed by atoms with Crippen molar-refractivity contribution in [2.45, 2.75) is 6.92 Å². The number of hydrogen-bond donors (Lipinski definition) is 1. The van der Waals surface area contributed by atoms with Gasteiger partial charge in [0.05, 0.1) is 17.1 Å². The van der Waals surface area contributed by atoms with Crippen molar-refractivity contribution < 1.29 is 0 Å². The van der Waals surface area contributed by atoms with E-state index in [2.05, 4.69) is 20.2 Å². The van der Waals surface area contributed by atoms with Gasteiger partial charge < -0.3 is 0 Å². The van der Waals surface area contributed by atoms with Crippen molar-refractivity contribution in [3.05, 3.63) is 30.4 Å². The molecule has 60 valence electrons. The normalized spacial score (nSPS) is 10.1. The van der Waals surface area contributed by atoms with Gasteiger partial charge in [0, 0.05) is 6.20 Å². The average Bonchev–Trinajstić information content (AvgIpc) is 2.54. The lowest BCUT2D eigenvalue weighted by atomic mass is 10.3. The second-order valence-electron chi connectivity index (χ2n) is 2.52. The first kappa shape index (κ1) is 6.97. The van der Waals surface area contributed by atoms with Crippen molar-refractivity contribution in [3.8, 4) is 11.4 Å². The first-order valence-corrected chi connectivity index (χ1v) is 3.64. The van der Waals surface area contributed by atoms with Gasteiger partial charge in [0.25, 0.3) is 0 Å². The fourth-order valence-electron chi connectivity index (χ4n) is 1.00. The highest BCUT2D eigenvalue weighted by Crippen LogP contribution is 2.12. The summed E-state index contributed by atoms with van der Waals surface area (Å²) < 4.78 is 0. The zero-order valence-electron chi connectivity index (χ0n) is 6.65. The number of nitrogens with one attached hydrogen (secondary N) is 1. The highest BCUT2D eigenvalue weighted by Gasteiger charge is 1.99. The molecule has 0 aliphatic heterocycles. The minimum atomic E-state index is 0.866. The van der Waals surface area contributed by atoms with Crippen LogP contribution in [0.3, 0.4) is 0 Å². The number of hydrogen-bond acceptors (Lipinski definition) is 3. The molecule has 12 heavy (non-hydrogen) atoms. The van der Waals surface area contributed by atoms with Gasteiger partial charge in [0.15, 0.2) is 0 Å². The standard InChI is InChI=1S/C8H8N4/c1-6-4-8(12-11-6)7-2-3-9-5-10-7/h2-5H,1H3,(H,11,12). The molecule has 0 bridgehead atoms. The number of nitrogens with zero attached hydrogens (tertiary/aromatic N) is 3. The van der Waals surface area contributed by atoms with E-state index in [9.17, 15) is 0 Å². The molecule has 0 saturated heterocycles. The molecule has 0 aromatic carbocycles. The van der Waals surface area contributed by atoms with Crippen LogP contribution in [0.5, 0.6) is 0 Å². The Morgan fingerprint density at radius 3 is 2.92 bits per heavy atom. The summed E-state index contributed by atoms with van der Waals surface area (Å²) in [6.45, 7) is 1.93. The van der Waals surface area contributed by atoms with E-state index in [1.165, 1.54) is 6.33 Å². The molecule has 4 heteroatoms. The van der Waals surface area contributed by atoms with Crippen LogP contribution >= 0.6 is 0 Å². The third kappa shape index (κ3) is 1.18. The van der Waals surface area contributed by atoms with E-state index in [4.69, 9.17) is 0 Å².